The van der Waals surface area contributed by atoms with E-state index in [4.69, 9.17) is 0 Å². The van der Waals surface area contributed by atoms with Crippen LogP contribution in [-0.4, -0.2) is 47.2 Å². The van der Waals surface area contributed by atoms with E-state index >= 15 is 0 Å². The van der Waals surface area contributed by atoms with Crippen molar-refractivity contribution in [3.05, 3.63) is 57.8 Å². The van der Waals surface area contributed by atoms with Gasteiger partial charge >= 0.3 is 11.8 Å². The molecule has 1 fully saturated rings. The first-order valence-corrected chi connectivity index (χ1v) is 10.3. The van der Waals surface area contributed by atoms with E-state index in [9.17, 15) is 14.4 Å². The zero-order valence-electron chi connectivity index (χ0n) is 16.2. The highest BCUT2D eigenvalue weighted by Gasteiger charge is 2.33. The van der Waals surface area contributed by atoms with E-state index in [-0.39, 0.29) is 18.4 Å². The van der Waals surface area contributed by atoms with Crippen LogP contribution < -0.4 is 5.32 Å². The van der Waals surface area contributed by atoms with Crippen LogP contribution in [0.2, 0.25) is 0 Å². The number of nitrogens with zero attached hydrogens (tertiary/aromatic N) is 2. The summed E-state index contributed by atoms with van der Waals surface area (Å²) in [6.07, 6.45) is 0. The number of rotatable bonds is 7. The highest BCUT2D eigenvalue weighted by Crippen LogP contribution is 2.14. The van der Waals surface area contributed by atoms with Gasteiger partial charge in [-0.05, 0) is 23.9 Å². The van der Waals surface area contributed by atoms with E-state index < -0.39 is 11.8 Å². The Labute approximate surface area is 169 Å². The van der Waals surface area contributed by atoms with Gasteiger partial charge in [0.05, 0.1) is 12.5 Å². The fourth-order valence-corrected chi connectivity index (χ4v) is 3.77. The van der Waals surface area contributed by atoms with Crippen molar-refractivity contribution in [1.29, 1.82) is 0 Å². The van der Waals surface area contributed by atoms with E-state index in [0.29, 0.717) is 26.2 Å². The van der Waals surface area contributed by atoms with Crippen LogP contribution in [0.4, 0.5) is 0 Å². The fraction of sp³-hybridized carbons (Fsp3) is 0.381. The zero-order chi connectivity index (χ0) is 20.1. The van der Waals surface area contributed by atoms with Crippen molar-refractivity contribution >= 4 is 29.1 Å². The molecule has 1 aliphatic rings. The largest absolute Gasteiger partial charge is 0.351 e. The summed E-state index contributed by atoms with van der Waals surface area (Å²) in [5.41, 5.74) is 2.16. The first-order chi connectivity index (χ1) is 13.4. The van der Waals surface area contributed by atoms with Crippen molar-refractivity contribution in [2.45, 2.75) is 26.9 Å². The van der Waals surface area contributed by atoms with Crippen LogP contribution in [0.15, 0.2) is 41.8 Å². The number of piperazine rings is 1. The molecule has 1 aromatic heterocycles. The number of benzene rings is 1. The molecule has 28 heavy (non-hydrogen) atoms. The zero-order valence-corrected chi connectivity index (χ0v) is 17.0. The van der Waals surface area contributed by atoms with Crippen LogP contribution in [0.3, 0.4) is 0 Å². The van der Waals surface area contributed by atoms with E-state index in [1.54, 1.807) is 23.2 Å². The van der Waals surface area contributed by atoms with Crippen molar-refractivity contribution in [1.82, 2.24) is 15.1 Å². The Morgan fingerprint density at radius 1 is 1.11 bits per heavy atom. The van der Waals surface area contributed by atoms with Gasteiger partial charge in [-0.2, -0.15) is 0 Å². The second-order valence-electron chi connectivity index (χ2n) is 7.16. The molecule has 2 heterocycles. The highest BCUT2D eigenvalue weighted by molar-refractivity contribution is 7.09. The Bertz CT molecular complexity index is 833. The summed E-state index contributed by atoms with van der Waals surface area (Å²) in [4.78, 5) is 41.4. The normalized spacial score (nSPS) is 15.6. The fourth-order valence-electron chi connectivity index (χ4n) is 3.13. The quantitative estimate of drug-likeness (QED) is 0.726. The van der Waals surface area contributed by atoms with Gasteiger partial charge in [-0.15, -0.1) is 11.3 Å². The molecule has 0 saturated carbocycles. The third kappa shape index (κ3) is 4.98. The van der Waals surface area contributed by atoms with Crippen LogP contribution >= 0.6 is 11.3 Å². The molecule has 1 saturated heterocycles. The number of hydrogen-bond acceptors (Lipinski definition) is 4. The standard InChI is InChI=1S/C21H25N3O3S/c1-15-5-7-17(8-6-15)14-24-10-9-23(20(26)21(24)27)13-16(2)19(25)22-12-18-4-3-11-28-18/h3-8,11,16H,9-10,12-14H2,1-2H3,(H,22,25)/t16-/m1/s1. The van der Waals surface area contributed by atoms with Crippen molar-refractivity contribution in [3.8, 4) is 0 Å². The molecule has 148 valence electrons. The minimum atomic E-state index is -0.531. The second-order valence-corrected chi connectivity index (χ2v) is 8.19. The maximum Gasteiger partial charge on any atom is 0.312 e. The van der Waals surface area contributed by atoms with Gasteiger partial charge in [-0.3, -0.25) is 14.4 Å². The van der Waals surface area contributed by atoms with Gasteiger partial charge in [0.1, 0.15) is 0 Å². The third-order valence-electron chi connectivity index (χ3n) is 4.85. The lowest BCUT2D eigenvalue weighted by atomic mass is 10.1. The summed E-state index contributed by atoms with van der Waals surface area (Å²) in [7, 11) is 0. The molecule has 0 aliphatic carbocycles. The SMILES string of the molecule is Cc1ccc(CN2CCN(C[C@@H](C)C(=O)NCc3cccs3)C(=O)C2=O)cc1. The van der Waals surface area contributed by atoms with Gasteiger partial charge in [0, 0.05) is 31.1 Å². The molecule has 0 unspecified atom stereocenters. The molecule has 3 amide bonds. The lowest BCUT2D eigenvalue weighted by molar-refractivity contribution is -0.157. The number of hydrogen-bond donors (Lipinski definition) is 1. The molecule has 1 N–H and O–H groups in total. The molecule has 1 aromatic carbocycles. The van der Waals surface area contributed by atoms with Crippen LogP contribution in [0.25, 0.3) is 0 Å². The van der Waals surface area contributed by atoms with Crippen molar-refractivity contribution in [2.75, 3.05) is 19.6 Å². The summed E-state index contributed by atoms with van der Waals surface area (Å²) in [6.45, 7) is 5.86. The lowest BCUT2D eigenvalue weighted by Gasteiger charge is -2.34. The minimum absolute atomic E-state index is 0.115. The minimum Gasteiger partial charge on any atom is -0.351 e. The Morgan fingerprint density at radius 3 is 2.46 bits per heavy atom. The monoisotopic (exact) mass is 399 g/mol. The number of nitrogens with one attached hydrogen (secondary N) is 1. The predicted octanol–water partition coefficient (Wildman–Crippen LogP) is 2.18. The van der Waals surface area contributed by atoms with Gasteiger partial charge in [-0.1, -0.05) is 42.8 Å². The summed E-state index contributed by atoms with van der Waals surface area (Å²) in [5, 5.41) is 4.85. The number of carbonyl (C=O) groups is 3. The topological polar surface area (TPSA) is 69.7 Å². The molecule has 1 atom stereocenters. The highest BCUT2D eigenvalue weighted by atomic mass is 32.1. The van der Waals surface area contributed by atoms with Gasteiger partial charge in [0.15, 0.2) is 0 Å². The molecular weight excluding hydrogens is 374 g/mol. The third-order valence-corrected chi connectivity index (χ3v) is 5.73. The Balaban J connectivity index is 1.50. The molecule has 2 aromatic rings. The van der Waals surface area contributed by atoms with E-state index in [1.807, 2.05) is 48.7 Å². The summed E-state index contributed by atoms with van der Waals surface area (Å²) < 4.78 is 0. The van der Waals surface area contributed by atoms with E-state index in [1.165, 1.54) is 4.90 Å². The number of thiophene rings is 1. The average Bonchev–Trinajstić information content (AvgIpc) is 3.21. The van der Waals surface area contributed by atoms with Crippen molar-refractivity contribution < 1.29 is 14.4 Å². The van der Waals surface area contributed by atoms with Crippen molar-refractivity contribution in [3.63, 3.8) is 0 Å². The number of aryl methyl sites for hydroxylation is 1. The summed E-state index contributed by atoms with van der Waals surface area (Å²) in [6, 6.07) is 11.8. The molecule has 0 spiro atoms. The van der Waals surface area contributed by atoms with Gasteiger partial charge in [-0.25, -0.2) is 0 Å². The maximum absolute atomic E-state index is 12.5. The molecule has 7 heteroatoms. The molecule has 6 nitrogen and oxygen atoms in total. The Morgan fingerprint density at radius 2 is 1.79 bits per heavy atom. The molecular formula is C21H25N3O3S. The van der Waals surface area contributed by atoms with E-state index in [2.05, 4.69) is 5.32 Å². The average molecular weight is 400 g/mol. The van der Waals surface area contributed by atoms with Gasteiger partial charge < -0.3 is 15.1 Å². The van der Waals surface area contributed by atoms with Gasteiger partial charge in [0.2, 0.25) is 5.91 Å². The Hall–Kier alpha value is -2.67. The predicted molar refractivity (Wildman–Crippen MR) is 109 cm³/mol. The second kappa shape index (κ2) is 9.01. The maximum atomic E-state index is 12.5. The van der Waals surface area contributed by atoms with Crippen LogP contribution in [0.1, 0.15) is 22.9 Å². The molecule has 1 aliphatic heterocycles. The van der Waals surface area contributed by atoms with Crippen LogP contribution in [0, 0.1) is 12.8 Å². The Kier molecular flexibility index (Phi) is 6.46. The smallest absolute Gasteiger partial charge is 0.312 e. The van der Waals surface area contributed by atoms with Gasteiger partial charge in [0.25, 0.3) is 0 Å². The molecule has 0 bridgehead atoms. The van der Waals surface area contributed by atoms with Crippen molar-refractivity contribution in [2.24, 2.45) is 5.92 Å². The summed E-state index contributed by atoms with van der Waals surface area (Å²) >= 11 is 1.59. The lowest BCUT2D eigenvalue weighted by Crippen LogP contribution is -2.55. The molecule has 0 radical (unpaired) electrons. The van der Waals surface area contributed by atoms with Crippen LogP contribution in [-0.2, 0) is 27.5 Å². The van der Waals surface area contributed by atoms with E-state index in [0.717, 1.165) is 16.0 Å². The van der Waals surface area contributed by atoms with Crippen LogP contribution in [0.5, 0.6) is 0 Å². The number of carbonyl (C=O) groups excluding carboxylic acids is 3. The first-order valence-electron chi connectivity index (χ1n) is 9.38. The number of amides is 3. The molecule has 3 rings (SSSR count). The summed E-state index contributed by atoms with van der Waals surface area (Å²) in [5.74, 6) is -1.52. The first kappa shape index (κ1) is 20.1.